The highest BCUT2D eigenvalue weighted by molar-refractivity contribution is 6.31. The van der Waals surface area contributed by atoms with Crippen LogP contribution in [0.15, 0.2) is 24.0 Å². The summed E-state index contributed by atoms with van der Waals surface area (Å²) in [4.78, 5) is 26.1. The first-order valence-electron chi connectivity index (χ1n) is 8.41. The maximum Gasteiger partial charge on any atom is 0.412 e. The van der Waals surface area contributed by atoms with Crippen LogP contribution < -0.4 is 5.32 Å². The lowest BCUT2D eigenvalue weighted by molar-refractivity contribution is -0.134. The molecule has 0 bridgehead atoms. The van der Waals surface area contributed by atoms with Gasteiger partial charge in [-0.2, -0.15) is 5.26 Å². The lowest BCUT2D eigenvalue weighted by Crippen LogP contribution is -2.53. The summed E-state index contributed by atoms with van der Waals surface area (Å²) in [5, 5.41) is 11.6. The third-order valence-electron chi connectivity index (χ3n) is 4.54. The molecule has 0 unspecified atom stereocenters. The Morgan fingerprint density at radius 1 is 1.59 bits per heavy atom. The second kappa shape index (κ2) is 7.45. The van der Waals surface area contributed by atoms with Gasteiger partial charge in [-0.25, -0.2) is 9.18 Å². The highest BCUT2D eigenvalue weighted by atomic mass is 35.5. The van der Waals surface area contributed by atoms with Crippen LogP contribution in [0.4, 0.5) is 14.9 Å². The Balaban J connectivity index is 1.99. The van der Waals surface area contributed by atoms with E-state index in [0.29, 0.717) is 26.0 Å². The van der Waals surface area contributed by atoms with E-state index in [4.69, 9.17) is 21.1 Å². The zero-order chi connectivity index (χ0) is 19.6. The first-order valence-corrected chi connectivity index (χ1v) is 8.79. The Bertz CT molecular complexity index is 867. The Morgan fingerprint density at radius 3 is 3.07 bits per heavy atom. The highest BCUT2D eigenvalue weighted by Crippen LogP contribution is 2.45. The number of likely N-dealkylation sites (tertiary alicyclic amines) is 1. The predicted molar refractivity (Wildman–Crippen MR) is 94.3 cm³/mol. The van der Waals surface area contributed by atoms with Crippen LogP contribution in [0.25, 0.3) is 0 Å². The number of carbonyl (C=O) groups excluding carboxylic acids is 2. The van der Waals surface area contributed by atoms with Gasteiger partial charge >= 0.3 is 6.09 Å². The number of rotatable bonds is 3. The SMILES string of the molecule is CCOC=C(C#N)C(=O)N1CCC[C@@]2(C1)OC(=O)Nc1ccc(Cl)c(F)c12. The van der Waals surface area contributed by atoms with Gasteiger partial charge in [0, 0.05) is 6.54 Å². The van der Waals surface area contributed by atoms with Crippen LogP contribution in [0.3, 0.4) is 0 Å². The summed E-state index contributed by atoms with van der Waals surface area (Å²) in [6, 6.07) is 4.65. The van der Waals surface area contributed by atoms with Crippen LogP contribution in [-0.4, -0.2) is 36.6 Å². The monoisotopic (exact) mass is 393 g/mol. The van der Waals surface area contributed by atoms with E-state index in [1.807, 2.05) is 0 Å². The number of carbonyl (C=O) groups is 2. The number of hydrogen-bond acceptors (Lipinski definition) is 5. The first-order chi connectivity index (χ1) is 12.9. The van der Waals surface area contributed by atoms with E-state index in [0.717, 1.165) is 6.26 Å². The molecule has 3 rings (SSSR count). The number of halogens is 2. The van der Waals surface area contributed by atoms with Crippen molar-refractivity contribution in [3.05, 3.63) is 40.4 Å². The second-order valence-corrected chi connectivity index (χ2v) is 6.63. The van der Waals surface area contributed by atoms with Crippen LogP contribution in [0.5, 0.6) is 0 Å². The van der Waals surface area contributed by atoms with E-state index in [-0.39, 0.29) is 28.4 Å². The van der Waals surface area contributed by atoms with Gasteiger partial charge in [0.15, 0.2) is 17.0 Å². The number of ether oxygens (including phenoxy) is 2. The van der Waals surface area contributed by atoms with Crippen molar-refractivity contribution in [3.8, 4) is 6.07 Å². The zero-order valence-corrected chi connectivity index (χ0v) is 15.3. The van der Waals surface area contributed by atoms with E-state index in [1.165, 1.54) is 17.0 Å². The molecule has 2 amide bonds. The molecule has 27 heavy (non-hydrogen) atoms. The molecule has 0 saturated carbocycles. The quantitative estimate of drug-likeness (QED) is 0.483. The minimum Gasteiger partial charge on any atom is -0.500 e. The van der Waals surface area contributed by atoms with E-state index < -0.39 is 23.4 Å². The smallest absolute Gasteiger partial charge is 0.412 e. The van der Waals surface area contributed by atoms with Gasteiger partial charge < -0.3 is 14.4 Å². The molecule has 1 fully saturated rings. The van der Waals surface area contributed by atoms with Crippen molar-refractivity contribution in [1.29, 1.82) is 5.26 Å². The number of nitriles is 1. The molecule has 9 heteroatoms. The molecule has 0 aliphatic carbocycles. The van der Waals surface area contributed by atoms with Crippen LogP contribution in [0.1, 0.15) is 25.3 Å². The fourth-order valence-electron chi connectivity index (χ4n) is 3.41. The van der Waals surface area contributed by atoms with E-state index in [1.54, 1.807) is 13.0 Å². The number of nitrogens with one attached hydrogen (secondary N) is 1. The van der Waals surface area contributed by atoms with Crippen LogP contribution in [0, 0.1) is 17.1 Å². The number of anilines is 1. The lowest BCUT2D eigenvalue weighted by atomic mass is 9.83. The average molecular weight is 394 g/mol. The van der Waals surface area contributed by atoms with Crippen molar-refractivity contribution in [3.63, 3.8) is 0 Å². The van der Waals surface area contributed by atoms with Gasteiger partial charge in [-0.1, -0.05) is 11.6 Å². The van der Waals surface area contributed by atoms with Gasteiger partial charge in [0.25, 0.3) is 5.91 Å². The van der Waals surface area contributed by atoms with Gasteiger partial charge in [-0.15, -0.1) is 0 Å². The summed E-state index contributed by atoms with van der Waals surface area (Å²) in [7, 11) is 0. The Labute approximate surface area is 160 Å². The van der Waals surface area contributed by atoms with Crippen molar-refractivity contribution in [2.45, 2.75) is 25.4 Å². The molecule has 142 valence electrons. The number of piperidine rings is 1. The Hall–Kier alpha value is -2.79. The normalized spacial score (nSPS) is 21.8. The van der Waals surface area contributed by atoms with E-state index >= 15 is 0 Å². The minimum atomic E-state index is -1.37. The summed E-state index contributed by atoms with van der Waals surface area (Å²) in [6.45, 7) is 2.29. The third kappa shape index (κ3) is 3.43. The lowest BCUT2D eigenvalue weighted by Gasteiger charge is -2.45. The molecule has 1 atom stereocenters. The number of hydrogen-bond donors (Lipinski definition) is 1. The van der Waals surface area contributed by atoms with Crippen molar-refractivity contribution in [2.24, 2.45) is 0 Å². The minimum absolute atomic E-state index is 0.0886. The molecule has 1 aromatic rings. The first kappa shape index (κ1) is 19.0. The average Bonchev–Trinajstić information content (AvgIpc) is 2.65. The van der Waals surface area contributed by atoms with E-state index in [9.17, 15) is 19.2 Å². The fourth-order valence-corrected chi connectivity index (χ4v) is 3.57. The Kier molecular flexibility index (Phi) is 5.24. The van der Waals surface area contributed by atoms with E-state index in [2.05, 4.69) is 5.32 Å². The van der Waals surface area contributed by atoms with Gasteiger partial charge in [-0.05, 0) is 31.9 Å². The molecule has 7 nitrogen and oxygen atoms in total. The molecular formula is C18H17ClFN3O4. The summed E-state index contributed by atoms with van der Waals surface area (Å²) < 4.78 is 25.3. The van der Waals surface area contributed by atoms with Gasteiger partial charge in [0.2, 0.25) is 0 Å². The summed E-state index contributed by atoms with van der Waals surface area (Å²) in [6.07, 6.45) is 1.15. The van der Waals surface area contributed by atoms with Crippen molar-refractivity contribution < 1.29 is 23.5 Å². The predicted octanol–water partition coefficient (Wildman–Crippen LogP) is 3.30. The van der Waals surface area contributed by atoms with Crippen molar-refractivity contribution >= 4 is 29.3 Å². The maximum absolute atomic E-state index is 14.8. The number of fused-ring (bicyclic) bond motifs is 2. The summed E-state index contributed by atoms with van der Waals surface area (Å²) >= 11 is 5.92. The molecule has 2 aliphatic rings. The topological polar surface area (TPSA) is 91.7 Å². The molecule has 1 saturated heterocycles. The van der Waals surface area contributed by atoms with Crippen molar-refractivity contribution in [2.75, 3.05) is 25.0 Å². The molecule has 1 N–H and O–H groups in total. The number of amides is 2. The van der Waals surface area contributed by atoms with Crippen LogP contribution in [0.2, 0.25) is 5.02 Å². The molecular weight excluding hydrogens is 377 g/mol. The zero-order valence-electron chi connectivity index (χ0n) is 14.6. The standard InChI is InChI=1S/C18H17ClFN3O4/c1-2-26-9-11(8-21)16(24)23-7-3-6-18(10-23)14-13(22-17(25)27-18)5-4-12(19)15(14)20/h4-5,9H,2-3,6-7,10H2,1H3,(H,22,25)/t18-/m0/s1. The molecule has 2 heterocycles. The van der Waals surface area contributed by atoms with Gasteiger partial charge in [-0.3, -0.25) is 10.1 Å². The van der Waals surface area contributed by atoms with Crippen LogP contribution in [-0.2, 0) is 19.9 Å². The van der Waals surface area contributed by atoms with Crippen LogP contribution >= 0.6 is 11.6 Å². The fraction of sp³-hybridized carbons (Fsp3) is 0.389. The maximum atomic E-state index is 14.8. The number of nitrogens with zero attached hydrogens (tertiary/aromatic N) is 2. The molecule has 1 aromatic carbocycles. The van der Waals surface area contributed by atoms with Crippen molar-refractivity contribution in [1.82, 2.24) is 4.90 Å². The second-order valence-electron chi connectivity index (χ2n) is 6.22. The molecule has 0 aromatic heterocycles. The third-order valence-corrected chi connectivity index (χ3v) is 4.83. The molecule has 2 aliphatic heterocycles. The highest BCUT2D eigenvalue weighted by Gasteiger charge is 2.48. The number of benzene rings is 1. The summed E-state index contributed by atoms with van der Waals surface area (Å²) in [5.41, 5.74) is -1.18. The van der Waals surface area contributed by atoms with Gasteiger partial charge in [0.05, 0.1) is 29.4 Å². The Morgan fingerprint density at radius 2 is 2.37 bits per heavy atom. The van der Waals surface area contributed by atoms with Gasteiger partial charge in [0.1, 0.15) is 12.3 Å². The molecule has 1 spiro atoms. The summed E-state index contributed by atoms with van der Waals surface area (Å²) in [5.74, 6) is -1.27. The largest absolute Gasteiger partial charge is 0.500 e. The molecule has 0 radical (unpaired) electrons.